The number of piperidine rings is 1. The van der Waals surface area contributed by atoms with Gasteiger partial charge in [-0.05, 0) is 43.2 Å². The molecule has 1 aliphatic heterocycles. The summed E-state index contributed by atoms with van der Waals surface area (Å²) < 4.78 is 80.6. The molecule has 1 amide bonds. The molecule has 174 valence electrons. The van der Waals surface area contributed by atoms with Crippen LogP contribution in [-0.4, -0.2) is 38.1 Å². The van der Waals surface area contributed by atoms with Crippen molar-refractivity contribution in [2.75, 3.05) is 42.3 Å². The number of aromatic nitrogens is 1. The standard InChI is InChI=1S/C21H22F6N4O/c1-30(2)14-7-8-17(16(11-14)21(25,26)27)29-19(32)13-5-4-10-31(12-13)18-15(20(22,23)24)6-3-9-28-18/h3,6-9,11,13H,4-5,10,12H2,1-2H3,(H,29,32). The van der Waals surface area contributed by atoms with Crippen LogP contribution < -0.4 is 15.1 Å². The molecule has 1 fully saturated rings. The summed E-state index contributed by atoms with van der Waals surface area (Å²) in [7, 11) is 3.19. The van der Waals surface area contributed by atoms with E-state index < -0.39 is 35.3 Å². The third kappa shape index (κ3) is 5.25. The highest BCUT2D eigenvalue weighted by molar-refractivity contribution is 5.94. The van der Waals surface area contributed by atoms with Crippen molar-refractivity contribution in [2.24, 2.45) is 5.92 Å². The fourth-order valence-electron chi connectivity index (χ4n) is 3.64. The van der Waals surface area contributed by atoms with Crippen molar-refractivity contribution in [1.29, 1.82) is 0 Å². The second-order valence-corrected chi connectivity index (χ2v) is 7.77. The molecule has 0 bridgehead atoms. The van der Waals surface area contributed by atoms with Crippen LogP contribution in [-0.2, 0) is 17.1 Å². The maximum atomic E-state index is 13.5. The van der Waals surface area contributed by atoms with Crippen LogP contribution in [0.1, 0.15) is 24.0 Å². The summed E-state index contributed by atoms with van der Waals surface area (Å²) in [6, 6.07) is 5.65. The Bertz CT molecular complexity index is 973. The molecular weight excluding hydrogens is 438 g/mol. The van der Waals surface area contributed by atoms with Crippen molar-refractivity contribution < 1.29 is 31.1 Å². The Morgan fingerprint density at radius 1 is 1.09 bits per heavy atom. The van der Waals surface area contributed by atoms with E-state index in [9.17, 15) is 31.1 Å². The van der Waals surface area contributed by atoms with E-state index in [0.717, 1.165) is 12.1 Å². The number of halogens is 6. The van der Waals surface area contributed by atoms with Gasteiger partial charge in [-0.1, -0.05) is 0 Å². The largest absolute Gasteiger partial charge is 0.419 e. The highest BCUT2D eigenvalue weighted by Gasteiger charge is 2.38. The van der Waals surface area contributed by atoms with Crippen LogP contribution in [0.2, 0.25) is 0 Å². The third-order valence-electron chi connectivity index (χ3n) is 5.27. The number of carbonyl (C=O) groups excluding carboxylic acids is 1. The van der Waals surface area contributed by atoms with Gasteiger partial charge in [-0.3, -0.25) is 4.79 Å². The molecule has 1 unspecified atom stereocenters. The maximum Gasteiger partial charge on any atom is 0.419 e. The molecule has 11 heteroatoms. The number of anilines is 3. The molecule has 5 nitrogen and oxygen atoms in total. The fraction of sp³-hybridized carbons (Fsp3) is 0.429. The number of nitrogens with one attached hydrogen (secondary N) is 1. The van der Waals surface area contributed by atoms with Crippen molar-refractivity contribution in [3.8, 4) is 0 Å². The van der Waals surface area contributed by atoms with Crippen LogP contribution >= 0.6 is 0 Å². The maximum absolute atomic E-state index is 13.5. The van der Waals surface area contributed by atoms with Crippen LogP contribution in [0.4, 0.5) is 43.5 Å². The van der Waals surface area contributed by atoms with Gasteiger partial charge in [0.05, 0.1) is 22.7 Å². The van der Waals surface area contributed by atoms with Gasteiger partial charge >= 0.3 is 12.4 Å². The number of benzene rings is 1. The first-order valence-electron chi connectivity index (χ1n) is 9.84. The molecule has 0 aliphatic carbocycles. The van der Waals surface area contributed by atoms with Gasteiger partial charge in [0, 0.05) is 39.1 Å². The van der Waals surface area contributed by atoms with E-state index in [4.69, 9.17) is 0 Å². The van der Waals surface area contributed by atoms with Crippen molar-refractivity contribution in [3.05, 3.63) is 47.7 Å². The molecule has 1 aromatic carbocycles. The second kappa shape index (κ2) is 8.87. The Hall–Kier alpha value is -2.98. The number of rotatable bonds is 4. The minimum absolute atomic E-state index is 0.0803. The zero-order valence-corrected chi connectivity index (χ0v) is 17.4. The summed E-state index contributed by atoms with van der Waals surface area (Å²) >= 11 is 0. The predicted molar refractivity (Wildman–Crippen MR) is 109 cm³/mol. The lowest BCUT2D eigenvalue weighted by atomic mass is 9.96. The molecule has 1 aromatic heterocycles. The second-order valence-electron chi connectivity index (χ2n) is 7.77. The molecule has 1 N–H and O–H groups in total. The minimum atomic E-state index is -4.69. The zero-order chi connectivity index (χ0) is 23.7. The highest BCUT2D eigenvalue weighted by Crippen LogP contribution is 2.39. The van der Waals surface area contributed by atoms with Crippen LogP contribution in [0.3, 0.4) is 0 Å². The van der Waals surface area contributed by atoms with Gasteiger partial charge in [-0.25, -0.2) is 4.98 Å². The Labute approximate surface area is 181 Å². The van der Waals surface area contributed by atoms with Gasteiger partial charge in [0.15, 0.2) is 0 Å². The van der Waals surface area contributed by atoms with Gasteiger partial charge in [-0.15, -0.1) is 0 Å². The third-order valence-corrected chi connectivity index (χ3v) is 5.27. The van der Waals surface area contributed by atoms with Gasteiger partial charge < -0.3 is 15.1 Å². The summed E-state index contributed by atoms with van der Waals surface area (Å²) in [4.78, 5) is 19.5. The van der Waals surface area contributed by atoms with Gasteiger partial charge in [0.25, 0.3) is 0 Å². The van der Waals surface area contributed by atoms with Gasteiger partial charge in [0.1, 0.15) is 5.82 Å². The normalized spacial score (nSPS) is 17.2. The Morgan fingerprint density at radius 2 is 1.78 bits per heavy atom. The lowest BCUT2D eigenvalue weighted by molar-refractivity contribution is -0.138. The fourth-order valence-corrected chi connectivity index (χ4v) is 3.64. The number of hydrogen-bond acceptors (Lipinski definition) is 4. The quantitative estimate of drug-likeness (QED) is 0.650. The zero-order valence-electron chi connectivity index (χ0n) is 17.4. The molecule has 2 aromatic rings. The summed E-state index contributed by atoms with van der Waals surface area (Å²) in [6.07, 6.45) is -7.33. The molecule has 0 spiro atoms. The monoisotopic (exact) mass is 460 g/mol. The van der Waals surface area contributed by atoms with Crippen molar-refractivity contribution in [3.63, 3.8) is 0 Å². The highest BCUT2D eigenvalue weighted by atomic mass is 19.4. The molecule has 1 saturated heterocycles. The van der Waals surface area contributed by atoms with Crippen LogP contribution in [0.25, 0.3) is 0 Å². The summed E-state index contributed by atoms with van der Waals surface area (Å²) in [5, 5.41) is 2.32. The first-order valence-corrected chi connectivity index (χ1v) is 9.84. The predicted octanol–water partition coefficient (Wildman–Crippen LogP) is 5.04. The van der Waals surface area contributed by atoms with Crippen molar-refractivity contribution in [1.82, 2.24) is 4.98 Å². The van der Waals surface area contributed by atoms with E-state index in [0.29, 0.717) is 18.5 Å². The van der Waals surface area contributed by atoms with Crippen molar-refractivity contribution in [2.45, 2.75) is 25.2 Å². The van der Waals surface area contributed by atoms with Crippen LogP contribution in [0.15, 0.2) is 36.5 Å². The van der Waals surface area contributed by atoms with E-state index in [1.807, 2.05) is 0 Å². The van der Waals surface area contributed by atoms with E-state index >= 15 is 0 Å². The lowest BCUT2D eigenvalue weighted by Crippen LogP contribution is -2.42. The van der Waals surface area contributed by atoms with Gasteiger partial charge in [0.2, 0.25) is 5.91 Å². The molecule has 3 rings (SSSR count). The molecule has 1 atom stereocenters. The Balaban J connectivity index is 1.82. The Kier molecular flexibility index (Phi) is 6.56. The molecule has 2 heterocycles. The average Bonchev–Trinajstić information content (AvgIpc) is 2.72. The van der Waals surface area contributed by atoms with Crippen molar-refractivity contribution >= 4 is 23.1 Å². The number of alkyl halides is 6. The molecule has 32 heavy (non-hydrogen) atoms. The van der Waals surface area contributed by atoms with Crippen LogP contribution in [0, 0.1) is 5.92 Å². The van der Waals surface area contributed by atoms with Crippen LogP contribution in [0.5, 0.6) is 0 Å². The molecule has 0 saturated carbocycles. The van der Waals surface area contributed by atoms with Gasteiger partial charge in [-0.2, -0.15) is 26.3 Å². The molecular formula is C21H22F6N4O. The van der Waals surface area contributed by atoms with E-state index in [2.05, 4.69) is 10.3 Å². The average molecular weight is 460 g/mol. The molecule has 1 aliphatic rings. The summed E-state index contributed by atoms with van der Waals surface area (Å²) in [5.74, 6) is -1.76. The Morgan fingerprint density at radius 3 is 2.41 bits per heavy atom. The lowest BCUT2D eigenvalue weighted by Gasteiger charge is -2.34. The van der Waals surface area contributed by atoms with E-state index in [1.54, 1.807) is 14.1 Å². The topological polar surface area (TPSA) is 48.5 Å². The number of nitrogens with zero attached hydrogens (tertiary/aromatic N) is 3. The van der Waals surface area contributed by atoms with E-state index in [1.165, 1.54) is 34.2 Å². The smallest absolute Gasteiger partial charge is 0.378 e. The number of hydrogen-bond donors (Lipinski definition) is 1. The number of carbonyl (C=O) groups is 1. The first-order chi connectivity index (χ1) is 14.9. The molecule has 0 radical (unpaired) electrons. The van der Waals surface area contributed by atoms with E-state index in [-0.39, 0.29) is 24.6 Å². The number of pyridine rings is 1. The summed E-state index contributed by atoms with van der Waals surface area (Å²) in [6.45, 7) is 0.179. The first kappa shape index (κ1) is 23.7. The minimum Gasteiger partial charge on any atom is -0.378 e. The SMILES string of the molecule is CN(C)c1ccc(NC(=O)C2CCCN(c3ncccc3C(F)(F)F)C2)c(C(F)(F)F)c1. The summed E-state index contributed by atoms with van der Waals surface area (Å²) in [5.41, 5.74) is -1.98. The number of amides is 1.